The van der Waals surface area contributed by atoms with E-state index in [1.807, 2.05) is 6.08 Å². The number of aromatic amines is 1. The second-order valence-electron chi connectivity index (χ2n) is 4.87. The summed E-state index contributed by atoms with van der Waals surface area (Å²) in [6, 6.07) is 14.8. The van der Waals surface area contributed by atoms with Crippen LogP contribution in [0.4, 0.5) is 0 Å². The molecular weight excluding hydrogens is 230 g/mol. The summed E-state index contributed by atoms with van der Waals surface area (Å²) in [5.41, 5.74) is 2.21. The number of H-pyrrole nitrogens is 1. The van der Waals surface area contributed by atoms with E-state index in [0.717, 1.165) is 16.4 Å². The van der Waals surface area contributed by atoms with Crippen molar-refractivity contribution < 1.29 is 0 Å². The van der Waals surface area contributed by atoms with Crippen molar-refractivity contribution in [2.75, 3.05) is 0 Å². The van der Waals surface area contributed by atoms with Crippen molar-refractivity contribution in [3.8, 4) is 0 Å². The maximum Gasteiger partial charge on any atom is 0.0471 e. The molecule has 0 bridgehead atoms. The third kappa shape index (κ3) is 1.19. The average molecular weight is 243 g/mol. The molecule has 1 N–H and O–H groups in total. The summed E-state index contributed by atoms with van der Waals surface area (Å²) in [5.74, 6) is 0. The van der Waals surface area contributed by atoms with Gasteiger partial charge in [-0.3, -0.25) is 0 Å². The molecule has 0 saturated carbocycles. The average Bonchev–Trinajstić information content (AvgIpc) is 2.84. The van der Waals surface area contributed by atoms with Crippen LogP contribution in [0, 0.1) is 0 Å². The third-order valence-corrected chi connectivity index (χ3v) is 3.90. The first-order valence-electron chi connectivity index (χ1n) is 6.37. The normalized spacial score (nSPS) is 11.6. The molecule has 4 rings (SSSR count). The first-order chi connectivity index (χ1) is 9.31. The lowest BCUT2D eigenvalue weighted by Crippen LogP contribution is -2.02. The van der Waals surface area contributed by atoms with Gasteiger partial charge in [0.15, 0.2) is 0 Å². The molecule has 0 amide bonds. The molecule has 19 heavy (non-hydrogen) atoms. The Kier molecular flexibility index (Phi) is 1.91. The maximum atomic E-state index is 4.29. The maximum absolute atomic E-state index is 4.29. The summed E-state index contributed by atoms with van der Waals surface area (Å²) in [7, 11) is 0. The molecule has 0 radical (unpaired) electrons. The van der Waals surface area contributed by atoms with Crippen LogP contribution in [-0.4, -0.2) is 4.98 Å². The quantitative estimate of drug-likeness (QED) is 0.481. The molecule has 1 nitrogen and oxygen atoms in total. The Morgan fingerprint density at radius 1 is 0.842 bits per heavy atom. The van der Waals surface area contributed by atoms with E-state index in [-0.39, 0.29) is 0 Å². The monoisotopic (exact) mass is 243 g/mol. The Morgan fingerprint density at radius 2 is 1.58 bits per heavy atom. The van der Waals surface area contributed by atoms with Gasteiger partial charge in [0.05, 0.1) is 0 Å². The van der Waals surface area contributed by atoms with E-state index >= 15 is 0 Å². The second kappa shape index (κ2) is 3.48. The van der Waals surface area contributed by atoms with E-state index in [1.165, 1.54) is 26.9 Å². The number of benzene rings is 3. The van der Waals surface area contributed by atoms with Crippen LogP contribution in [0.3, 0.4) is 0 Å². The van der Waals surface area contributed by atoms with Gasteiger partial charge in [-0.15, -0.1) is 0 Å². The van der Waals surface area contributed by atoms with Gasteiger partial charge in [-0.1, -0.05) is 49.6 Å². The Hall–Kier alpha value is -2.54. The molecule has 0 atom stereocenters. The highest BCUT2D eigenvalue weighted by molar-refractivity contribution is 6.22. The van der Waals surface area contributed by atoms with E-state index in [9.17, 15) is 0 Å². The number of aromatic nitrogens is 1. The van der Waals surface area contributed by atoms with Crippen LogP contribution in [0.2, 0.25) is 0 Å². The fourth-order valence-corrected chi connectivity index (χ4v) is 3.07. The fourth-order valence-electron chi connectivity index (χ4n) is 3.07. The summed E-state index contributed by atoms with van der Waals surface area (Å²) in [6.07, 6.45) is 1.87. The lowest BCUT2D eigenvalue weighted by molar-refractivity contribution is 1.45. The number of nitrogens with one attached hydrogen (secondary N) is 1. The van der Waals surface area contributed by atoms with Crippen molar-refractivity contribution >= 4 is 45.1 Å². The molecular formula is C18H13N. The number of hydrogen-bond acceptors (Lipinski definition) is 0. The van der Waals surface area contributed by atoms with Gasteiger partial charge in [0.25, 0.3) is 0 Å². The standard InChI is InChI=1S/C18H13N/c1-3-15-17-11(2)12-7-4-5-8-13(12)14-9-6-10-16(19-15)18(14)17/h3-10,19H,1-2H2. The summed E-state index contributed by atoms with van der Waals surface area (Å²) in [6.45, 7) is 8.20. The molecule has 4 aromatic rings. The van der Waals surface area contributed by atoms with Gasteiger partial charge in [0.1, 0.15) is 0 Å². The van der Waals surface area contributed by atoms with Gasteiger partial charge < -0.3 is 4.98 Å². The van der Waals surface area contributed by atoms with Crippen LogP contribution in [0.5, 0.6) is 0 Å². The summed E-state index contributed by atoms with van der Waals surface area (Å²) >= 11 is 0. The smallest absolute Gasteiger partial charge is 0.0471 e. The minimum Gasteiger partial charge on any atom is -0.354 e. The topological polar surface area (TPSA) is 15.8 Å². The van der Waals surface area contributed by atoms with Crippen LogP contribution < -0.4 is 5.22 Å². The zero-order chi connectivity index (χ0) is 13.0. The van der Waals surface area contributed by atoms with Gasteiger partial charge in [-0.05, 0) is 33.5 Å². The number of hydrogen-bond donors (Lipinski definition) is 1. The van der Waals surface area contributed by atoms with Gasteiger partial charge in [0, 0.05) is 22.0 Å². The van der Waals surface area contributed by atoms with Gasteiger partial charge in [0.2, 0.25) is 0 Å². The molecule has 1 heteroatoms. The number of fused-ring (bicyclic) bond motifs is 2. The van der Waals surface area contributed by atoms with Crippen LogP contribution in [0.15, 0.2) is 49.0 Å². The Bertz CT molecular complexity index is 989. The van der Waals surface area contributed by atoms with E-state index in [1.54, 1.807) is 0 Å². The predicted octanol–water partition coefficient (Wildman–Crippen LogP) is 4.25. The van der Waals surface area contributed by atoms with E-state index in [0.29, 0.717) is 0 Å². The van der Waals surface area contributed by atoms with Crippen LogP contribution >= 0.6 is 0 Å². The van der Waals surface area contributed by atoms with Gasteiger partial charge >= 0.3 is 0 Å². The zero-order valence-electron chi connectivity index (χ0n) is 10.5. The largest absolute Gasteiger partial charge is 0.354 e. The van der Waals surface area contributed by atoms with Crippen molar-refractivity contribution in [1.29, 1.82) is 0 Å². The fraction of sp³-hybridized carbons (Fsp3) is 0. The van der Waals surface area contributed by atoms with E-state index < -0.39 is 0 Å². The molecule has 1 aromatic heterocycles. The van der Waals surface area contributed by atoms with Crippen molar-refractivity contribution in [2.24, 2.45) is 0 Å². The molecule has 0 aliphatic heterocycles. The second-order valence-corrected chi connectivity index (χ2v) is 4.87. The molecule has 1 heterocycles. The zero-order valence-corrected chi connectivity index (χ0v) is 10.5. The Balaban J connectivity index is 2.51. The molecule has 0 fully saturated rings. The molecule has 3 aromatic carbocycles. The van der Waals surface area contributed by atoms with Crippen molar-refractivity contribution in [2.45, 2.75) is 0 Å². The van der Waals surface area contributed by atoms with E-state index in [2.05, 4.69) is 60.6 Å². The van der Waals surface area contributed by atoms with Crippen molar-refractivity contribution in [1.82, 2.24) is 4.98 Å². The minimum atomic E-state index is 1.06. The highest BCUT2D eigenvalue weighted by Crippen LogP contribution is 2.32. The van der Waals surface area contributed by atoms with Crippen LogP contribution in [0.25, 0.3) is 45.1 Å². The molecule has 0 aliphatic carbocycles. The SMILES string of the molecule is C=Cc1[nH]c2cccc3c4ccccc4c(=C)c1c23. The predicted molar refractivity (Wildman–Crippen MR) is 84.1 cm³/mol. The molecule has 90 valence electrons. The van der Waals surface area contributed by atoms with Crippen molar-refractivity contribution in [3.63, 3.8) is 0 Å². The third-order valence-electron chi connectivity index (χ3n) is 3.90. The van der Waals surface area contributed by atoms with Gasteiger partial charge in [-0.25, -0.2) is 0 Å². The molecule has 0 aliphatic rings. The summed E-state index contributed by atoms with van der Waals surface area (Å²) < 4.78 is 0. The summed E-state index contributed by atoms with van der Waals surface area (Å²) in [5, 5.41) is 7.29. The molecule has 0 spiro atoms. The first kappa shape index (κ1) is 10.4. The Morgan fingerprint density at radius 3 is 2.37 bits per heavy atom. The van der Waals surface area contributed by atoms with Crippen LogP contribution in [0.1, 0.15) is 5.69 Å². The summed E-state index contributed by atoms with van der Waals surface area (Å²) in [4.78, 5) is 3.43. The molecule has 0 unspecified atom stereocenters. The lowest BCUT2D eigenvalue weighted by atomic mass is 9.97. The van der Waals surface area contributed by atoms with Crippen molar-refractivity contribution in [3.05, 3.63) is 60.0 Å². The van der Waals surface area contributed by atoms with Crippen LogP contribution in [-0.2, 0) is 0 Å². The van der Waals surface area contributed by atoms with E-state index in [4.69, 9.17) is 0 Å². The minimum absolute atomic E-state index is 1.06. The molecule has 0 saturated heterocycles. The first-order valence-corrected chi connectivity index (χ1v) is 6.37. The van der Waals surface area contributed by atoms with Gasteiger partial charge in [-0.2, -0.15) is 0 Å². The highest BCUT2D eigenvalue weighted by atomic mass is 14.7. The number of rotatable bonds is 1. The lowest BCUT2D eigenvalue weighted by Gasteiger charge is -2.06. The highest BCUT2D eigenvalue weighted by Gasteiger charge is 2.12. The Labute approximate surface area is 110 Å².